The van der Waals surface area contributed by atoms with Crippen LogP contribution in [0.3, 0.4) is 0 Å². The first-order chi connectivity index (χ1) is 12.6. The predicted octanol–water partition coefficient (Wildman–Crippen LogP) is 2.00. The van der Waals surface area contributed by atoms with Crippen LogP contribution in [0.5, 0.6) is 0 Å². The maximum atomic E-state index is 12.3. The van der Waals surface area contributed by atoms with Gasteiger partial charge in [-0.3, -0.25) is 9.59 Å². The second-order valence-electron chi connectivity index (χ2n) is 6.65. The summed E-state index contributed by atoms with van der Waals surface area (Å²) in [5, 5.41) is 2.73. The maximum Gasteiger partial charge on any atom is 0.242 e. The van der Waals surface area contributed by atoms with Crippen molar-refractivity contribution in [1.29, 1.82) is 0 Å². The first-order valence-electron chi connectivity index (χ1n) is 9.02. The molecule has 0 atom stereocenters. The fourth-order valence-corrected chi connectivity index (χ4v) is 3.17. The molecule has 2 aromatic carbocycles. The summed E-state index contributed by atoms with van der Waals surface area (Å²) < 4.78 is 0. The topological polar surface area (TPSA) is 52.6 Å². The molecule has 1 N–H and O–H groups in total. The molecular weight excluding hydrogens is 326 g/mol. The van der Waals surface area contributed by atoms with E-state index in [9.17, 15) is 9.59 Å². The van der Waals surface area contributed by atoms with E-state index in [1.54, 1.807) is 0 Å². The summed E-state index contributed by atoms with van der Waals surface area (Å²) >= 11 is 0. The molecule has 5 heteroatoms. The number of rotatable bonds is 5. The van der Waals surface area contributed by atoms with Crippen molar-refractivity contribution >= 4 is 17.5 Å². The molecule has 1 heterocycles. The highest BCUT2D eigenvalue weighted by Crippen LogP contribution is 2.17. The van der Waals surface area contributed by atoms with E-state index in [1.807, 2.05) is 35.2 Å². The monoisotopic (exact) mass is 351 g/mol. The van der Waals surface area contributed by atoms with Gasteiger partial charge in [0, 0.05) is 31.9 Å². The highest BCUT2D eigenvalue weighted by atomic mass is 16.2. The molecule has 26 heavy (non-hydrogen) atoms. The molecule has 1 saturated heterocycles. The molecule has 0 spiro atoms. The molecule has 5 nitrogen and oxygen atoms in total. The molecule has 2 aromatic rings. The zero-order valence-electron chi connectivity index (χ0n) is 15.1. The van der Waals surface area contributed by atoms with Crippen molar-refractivity contribution in [3.05, 3.63) is 65.7 Å². The van der Waals surface area contributed by atoms with Gasteiger partial charge in [-0.1, -0.05) is 42.5 Å². The number of hydrogen-bond donors (Lipinski definition) is 1. The van der Waals surface area contributed by atoms with Crippen molar-refractivity contribution < 1.29 is 9.59 Å². The lowest BCUT2D eigenvalue weighted by Crippen LogP contribution is -2.51. The molecule has 0 radical (unpaired) electrons. The number of hydrogen-bond acceptors (Lipinski definition) is 3. The number of aryl methyl sites for hydroxylation is 1. The first kappa shape index (κ1) is 18.0. The number of anilines is 1. The molecule has 1 aliphatic heterocycles. The van der Waals surface area contributed by atoms with E-state index >= 15 is 0 Å². The minimum Gasteiger partial charge on any atom is -0.368 e. The Kier molecular flexibility index (Phi) is 5.89. The van der Waals surface area contributed by atoms with Crippen LogP contribution < -0.4 is 10.2 Å². The lowest BCUT2D eigenvalue weighted by molar-refractivity contribution is -0.133. The molecule has 0 saturated carbocycles. The molecule has 2 amide bonds. The molecule has 1 aliphatic rings. The Labute approximate surface area is 154 Å². The van der Waals surface area contributed by atoms with E-state index in [0.717, 1.165) is 18.7 Å². The van der Waals surface area contributed by atoms with Crippen molar-refractivity contribution in [2.24, 2.45) is 0 Å². The molecule has 0 unspecified atom stereocenters. The van der Waals surface area contributed by atoms with Crippen LogP contribution in [-0.2, 0) is 16.0 Å². The summed E-state index contributed by atoms with van der Waals surface area (Å²) in [4.78, 5) is 28.4. The predicted molar refractivity (Wildman–Crippen MR) is 103 cm³/mol. The number of piperazine rings is 1. The minimum absolute atomic E-state index is 0.0182. The summed E-state index contributed by atoms with van der Waals surface area (Å²) in [6, 6.07) is 18.0. The van der Waals surface area contributed by atoms with Crippen LogP contribution in [0.2, 0.25) is 0 Å². The number of amides is 2. The third-order valence-electron chi connectivity index (χ3n) is 4.64. The van der Waals surface area contributed by atoms with Crippen LogP contribution in [0.25, 0.3) is 0 Å². The van der Waals surface area contributed by atoms with Crippen molar-refractivity contribution in [2.45, 2.75) is 13.3 Å². The maximum absolute atomic E-state index is 12.3. The molecular formula is C21H25N3O2. The summed E-state index contributed by atoms with van der Waals surface area (Å²) in [5.41, 5.74) is 3.39. The normalized spacial score (nSPS) is 14.2. The van der Waals surface area contributed by atoms with Gasteiger partial charge in [0.25, 0.3) is 0 Å². The third-order valence-corrected chi connectivity index (χ3v) is 4.64. The van der Waals surface area contributed by atoms with Gasteiger partial charge in [0.15, 0.2) is 0 Å². The van der Waals surface area contributed by atoms with Gasteiger partial charge < -0.3 is 15.1 Å². The highest BCUT2D eigenvalue weighted by Gasteiger charge is 2.21. The third kappa shape index (κ3) is 4.85. The molecule has 0 aliphatic carbocycles. The fourth-order valence-electron chi connectivity index (χ4n) is 3.17. The summed E-state index contributed by atoms with van der Waals surface area (Å²) in [5.74, 6) is -0.141. The lowest BCUT2D eigenvalue weighted by Gasteiger charge is -2.36. The number of nitrogens with zero attached hydrogens (tertiary/aromatic N) is 2. The standard InChI is InChI=1S/C21H25N3O2/c1-17-6-5-9-19(14-17)23-10-12-24(13-11-23)21(26)16-22-20(25)15-18-7-3-2-4-8-18/h2-9,14H,10-13,15-16H2,1H3,(H,22,25). The van der Waals surface area contributed by atoms with Gasteiger partial charge in [0.2, 0.25) is 11.8 Å². The van der Waals surface area contributed by atoms with Crippen molar-refractivity contribution in [1.82, 2.24) is 10.2 Å². The van der Waals surface area contributed by atoms with E-state index in [0.29, 0.717) is 19.5 Å². The Bertz CT molecular complexity index is 753. The van der Waals surface area contributed by atoms with Gasteiger partial charge >= 0.3 is 0 Å². The van der Waals surface area contributed by atoms with Gasteiger partial charge in [-0.05, 0) is 30.2 Å². The van der Waals surface area contributed by atoms with E-state index in [4.69, 9.17) is 0 Å². The van der Waals surface area contributed by atoms with Crippen LogP contribution >= 0.6 is 0 Å². The van der Waals surface area contributed by atoms with Crippen LogP contribution in [0.15, 0.2) is 54.6 Å². The number of benzene rings is 2. The Morgan fingerprint density at radius 2 is 1.69 bits per heavy atom. The SMILES string of the molecule is Cc1cccc(N2CCN(C(=O)CNC(=O)Cc3ccccc3)CC2)c1. The molecule has 3 rings (SSSR count). The zero-order valence-corrected chi connectivity index (χ0v) is 15.1. The van der Waals surface area contributed by atoms with Crippen molar-refractivity contribution in [2.75, 3.05) is 37.6 Å². The smallest absolute Gasteiger partial charge is 0.242 e. The minimum atomic E-state index is -0.122. The van der Waals surface area contributed by atoms with Gasteiger partial charge in [-0.2, -0.15) is 0 Å². The van der Waals surface area contributed by atoms with Crippen molar-refractivity contribution in [3.8, 4) is 0 Å². The Balaban J connectivity index is 1.43. The Morgan fingerprint density at radius 3 is 2.38 bits per heavy atom. The number of nitrogens with one attached hydrogen (secondary N) is 1. The average molecular weight is 351 g/mol. The summed E-state index contributed by atoms with van der Waals surface area (Å²) in [6.45, 7) is 5.14. The lowest BCUT2D eigenvalue weighted by atomic mass is 10.1. The quantitative estimate of drug-likeness (QED) is 0.896. The zero-order chi connectivity index (χ0) is 18.4. The van der Waals surface area contributed by atoms with Crippen LogP contribution in [-0.4, -0.2) is 49.4 Å². The van der Waals surface area contributed by atoms with Crippen LogP contribution in [0.4, 0.5) is 5.69 Å². The number of carbonyl (C=O) groups excluding carboxylic acids is 2. The summed E-state index contributed by atoms with van der Waals surface area (Å²) in [7, 11) is 0. The van der Waals surface area contributed by atoms with Crippen molar-refractivity contribution in [3.63, 3.8) is 0 Å². The molecule has 136 valence electrons. The fraction of sp³-hybridized carbons (Fsp3) is 0.333. The number of carbonyl (C=O) groups is 2. The second kappa shape index (κ2) is 8.52. The van der Waals surface area contributed by atoms with Gasteiger partial charge in [0.1, 0.15) is 0 Å². The van der Waals surface area contributed by atoms with Crippen LogP contribution in [0.1, 0.15) is 11.1 Å². The van der Waals surface area contributed by atoms with Gasteiger partial charge in [0.05, 0.1) is 13.0 Å². The summed E-state index contributed by atoms with van der Waals surface area (Å²) in [6.07, 6.45) is 0.301. The highest BCUT2D eigenvalue weighted by molar-refractivity contribution is 5.85. The van der Waals surface area contributed by atoms with E-state index in [1.165, 1.54) is 11.3 Å². The molecule has 1 fully saturated rings. The Hall–Kier alpha value is -2.82. The largest absolute Gasteiger partial charge is 0.368 e. The van der Waals surface area contributed by atoms with E-state index in [2.05, 4.69) is 41.4 Å². The van der Waals surface area contributed by atoms with E-state index < -0.39 is 0 Å². The van der Waals surface area contributed by atoms with Gasteiger partial charge in [-0.15, -0.1) is 0 Å². The first-order valence-corrected chi connectivity index (χ1v) is 9.02. The second-order valence-corrected chi connectivity index (χ2v) is 6.65. The van der Waals surface area contributed by atoms with E-state index in [-0.39, 0.29) is 18.4 Å². The average Bonchev–Trinajstić information content (AvgIpc) is 2.67. The molecule has 0 bridgehead atoms. The van der Waals surface area contributed by atoms with Crippen LogP contribution in [0, 0.1) is 6.92 Å². The van der Waals surface area contributed by atoms with Gasteiger partial charge in [-0.25, -0.2) is 0 Å². The molecule has 0 aromatic heterocycles. The Morgan fingerprint density at radius 1 is 0.962 bits per heavy atom.